The Morgan fingerprint density at radius 2 is 1.86 bits per heavy atom. The zero-order chi connectivity index (χ0) is 26.5. The van der Waals surface area contributed by atoms with Crippen LogP contribution in [0.15, 0.2) is 48.0 Å². The summed E-state index contributed by atoms with van der Waals surface area (Å²) < 4.78 is 17.2. The minimum absolute atomic E-state index is 0.0610. The Balaban J connectivity index is 1.73. The largest absolute Gasteiger partial charge is 0.507 e. The fraction of sp³-hybridized carbons (Fsp3) is 0.448. The number of carbonyl (C=O) groups excluding carboxylic acids is 2. The second-order valence-electron chi connectivity index (χ2n) is 10.1. The number of aliphatic hydroxyl groups excluding tert-OH is 1. The summed E-state index contributed by atoms with van der Waals surface area (Å²) in [7, 11) is 3.93. The molecule has 198 valence electrons. The molecule has 0 aliphatic carbocycles. The number of benzene rings is 2. The molecular formula is C29H36N2O6. The molecule has 8 nitrogen and oxygen atoms in total. The highest BCUT2D eigenvalue weighted by molar-refractivity contribution is 6.46. The summed E-state index contributed by atoms with van der Waals surface area (Å²) in [5, 5.41) is 11.4. The number of hydrogen-bond acceptors (Lipinski definition) is 7. The maximum absolute atomic E-state index is 13.3. The van der Waals surface area contributed by atoms with Crippen molar-refractivity contribution < 1.29 is 28.9 Å². The number of rotatable bonds is 10. The molecule has 37 heavy (non-hydrogen) atoms. The number of nitrogens with zero attached hydrogens (tertiary/aromatic N) is 2. The van der Waals surface area contributed by atoms with Gasteiger partial charge in [-0.05, 0) is 75.3 Å². The van der Waals surface area contributed by atoms with Crippen LogP contribution >= 0.6 is 0 Å². The van der Waals surface area contributed by atoms with E-state index in [9.17, 15) is 14.7 Å². The summed E-state index contributed by atoms with van der Waals surface area (Å²) in [4.78, 5) is 30.1. The van der Waals surface area contributed by atoms with Gasteiger partial charge in [-0.3, -0.25) is 9.59 Å². The number of ketones is 1. The van der Waals surface area contributed by atoms with Gasteiger partial charge in [0.05, 0.1) is 18.2 Å². The average molecular weight is 509 g/mol. The van der Waals surface area contributed by atoms with Gasteiger partial charge >= 0.3 is 0 Å². The van der Waals surface area contributed by atoms with Crippen molar-refractivity contribution in [1.82, 2.24) is 9.80 Å². The quantitative estimate of drug-likeness (QED) is 0.292. The smallest absolute Gasteiger partial charge is 0.295 e. The Labute approximate surface area is 218 Å². The van der Waals surface area contributed by atoms with Gasteiger partial charge in [-0.15, -0.1) is 0 Å². The lowest BCUT2D eigenvalue weighted by Gasteiger charge is -2.26. The Morgan fingerprint density at radius 3 is 2.59 bits per heavy atom. The predicted molar refractivity (Wildman–Crippen MR) is 141 cm³/mol. The molecule has 1 N–H and O–H groups in total. The number of Topliss-reactive ketones (excluding diaryl/α,β-unsaturated/α-hetero) is 1. The number of likely N-dealkylation sites (tertiary alicyclic amines) is 1. The molecule has 2 aliphatic rings. The van der Waals surface area contributed by atoms with Crippen molar-refractivity contribution in [3.63, 3.8) is 0 Å². The van der Waals surface area contributed by atoms with Crippen molar-refractivity contribution >= 4 is 17.4 Å². The van der Waals surface area contributed by atoms with Crippen molar-refractivity contribution in [3.8, 4) is 17.2 Å². The van der Waals surface area contributed by atoms with Gasteiger partial charge in [0.2, 0.25) is 0 Å². The third-order valence-corrected chi connectivity index (χ3v) is 6.50. The van der Waals surface area contributed by atoms with Crippen molar-refractivity contribution in [2.24, 2.45) is 5.92 Å². The molecule has 1 atom stereocenters. The molecule has 1 fully saturated rings. The highest BCUT2D eigenvalue weighted by atomic mass is 16.6. The molecule has 8 heteroatoms. The number of fused-ring (bicyclic) bond motifs is 1. The Kier molecular flexibility index (Phi) is 8.38. The SMILES string of the molecule is CC(C)CCOc1cccc(C2/C(=C(/O)c3ccc4c(c3)OCCO4)C(=O)C(=O)N2CCCN(C)C)c1. The van der Waals surface area contributed by atoms with Gasteiger partial charge in [-0.1, -0.05) is 26.0 Å². The van der Waals surface area contributed by atoms with Crippen molar-refractivity contribution in [1.29, 1.82) is 0 Å². The van der Waals surface area contributed by atoms with Crippen LogP contribution in [0.25, 0.3) is 5.76 Å². The van der Waals surface area contributed by atoms with E-state index in [4.69, 9.17) is 14.2 Å². The van der Waals surface area contributed by atoms with E-state index in [1.807, 2.05) is 43.3 Å². The number of amides is 1. The fourth-order valence-electron chi connectivity index (χ4n) is 4.55. The third-order valence-electron chi connectivity index (χ3n) is 6.50. The van der Waals surface area contributed by atoms with Gasteiger partial charge in [-0.2, -0.15) is 0 Å². The predicted octanol–water partition coefficient (Wildman–Crippen LogP) is 4.26. The molecule has 1 unspecified atom stereocenters. The number of hydrogen-bond donors (Lipinski definition) is 1. The Hall–Kier alpha value is -3.52. The van der Waals surface area contributed by atoms with Crippen molar-refractivity contribution in [2.75, 3.05) is 47.0 Å². The summed E-state index contributed by atoms with van der Waals surface area (Å²) in [6, 6.07) is 11.7. The first kappa shape index (κ1) is 26.5. The van der Waals surface area contributed by atoms with E-state index in [1.165, 1.54) is 0 Å². The second-order valence-corrected chi connectivity index (χ2v) is 10.1. The lowest BCUT2D eigenvalue weighted by Crippen LogP contribution is -2.32. The standard InChI is InChI=1S/C29H36N2O6/c1-19(2)11-14-35-22-8-5-7-20(17-22)26-25(28(33)29(34)31(26)13-6-12-30(3)4)27(32)21-9-10-23-24(18-21)37-16-15-36-23/h5,7-10,17-19,26,32H,6,11-16H2,1-4H3/b27-25-. The topological polar surface area (TPSA) is 88.5 Å². The lowest BCUT2D eigenvalue weighted by atomic mass is 9.95. The molecule has 1 amide bonds. The monoisotopic (exact) mass is 508 g/mol. The molecule has 2 aromatic carbocycles. The molecule has 2 aromatic rings. The van der Waals surface area contributed by atoms with Gasteiger partial charge in [0, 0.05) is 12.1 Å². The first-order valence-corrected chi connectivity index (χ1v) is 12.8. The van der Waals surface area contributed by atoms with Crippen LogP contribution in [0, 0.1) is 5.92 Å². The minimum Gasteiger partial charge on any atom is -0.507 e. The van der Waals surface area contributed by atoms with Crippen molar-refractivity contribution in [3.05, 3.63) is 59.2 Å². The van der Waals surface area contributed by atoms with E-state index >= 15 is 0 Å². The summed E-state index contributed by atoms with van der Waals surface area (Å²) in [5.41, 5.74) is 1.17. The van der Waals surface area contributed by atoms with Crippen LogP contribution in [0.1, 0.15) is 43.9 Å². The molecule has 0 saturated carbocycles. The zero-order valence-corrected chi connectivity index (χ0v) is 22.0. The first-order chi connectivity index (χ1) is 17.8. The molecule has 0 bridgehead atoms. The normalized spacial score (nSPS) is 18.6. The average Bonchev–Trinajstić information content (AvgIpc) is 3.13. The van der Waals surface area contributed by atoms with Crippen molar-refractivity contribution in [2.45, 2.75) is 32.7 Å². The highest BCUT2D eigenvalue weighted by Gasteiger charge is 2.46. The first-order valence-electron chi connectivity index (χ1n) is 12.8. The molecule has 0 aromatic heterocycles. The van der Waals surface area contributed by atoms with Crippen LogP contribution in [0.5, 0.6) is 17.2 Å². The van der Waals surface area contributed by atoms with Gasteiger partial charge in [0.15, 0.2) is 11.5 Å². The summed E-state index contributed by atoms with van der Waals surface area (Å²) in [6.07, 6.45) is 1.60. The summed E-state index contributed by atoms with van der Waals surface area (Å²) >= 11 is 0. The molecule has 0 spiro atoms. The van der Waals surface area contributed by atoms with E-state index in [2.05, 4.69) is 13.8 Å². The molecule has 0 radical (unpaired) electrons. The fourth-order valence-corrected chi connectivity index (χ4v) is 4.55. The van der Waals surface area contributed by atoms with Crippen LogP contribution in [-0.4, -0.2) is 73.6 Å². The summed E-state index contributed by atoms with van der Waals surface area (Å²) in [5.74, 6) is 0.695. The summed E-state index contributed by atoms with van der Waals surface area (Å²) in [6.45, 7) is 6.84. The lowest BCUT2D eigenvalue weighted by molar-refractivity contribution is -0.139. The Bertz CT molecular complexity index is 1170. The maximum Gasteiger partial charge on any atom is 0.295 e. The molecular weight excluding hydrogens is 472 g/mol. The van der Waals surface area contributed by atoms with E-state index in [0.717, 1.165) is 13.0 Å². The molecule has 1 saturated heterocycles. The van der Waals surface area contributed by atoms with E-state index in [0.29, 0.717) is 67.1 Å². The number of carbonyl (C=O) groups is 2. The van der Waals surface area contributed by atoms with Crippen LogP contribution in [-0.2, 0) is 9.59 Å². The van der Waals surface area contributed by atoms with Crippen LogP contribution in [0.2, 0.25) is 0 Å². The zero-order valence-electron chi connectivity index (χ0n) is 22.0. The van der Waals surface area contributed by atoms with Crippen LogP contribution in [0.3, 0.4) is 0 Å². The highest BCUT2D eigenvalue weighted by Crippen LogP contribution is 2.41. The molecule has 2 aliphatic heterocycles. The second kappa shape index (κ2) is 11.7. The van der Waals surface area contributed by atoms with Gasteiger partial charge in [-0.25, -0.2) is 0 Å². The van der Waals surface area contributed by atoms with Crippen LogP contribution < -0.4 is 14.2 Å². The maximum atomic E-state index is 13.3. The van der Waals surface area contributed by atoms with E-state index < -0.39 is 17.7 Å². The van der Waals surface area contributed by atoms with E-state index in [1.54, 1.807) is 23.1 Å². The number of ether oxygens (including phenoxy) is 3. The Morgan fingerprint density at radius 1 is 1.11 bits per heavy atom. The van der Waals surface area contributed by atoms with Crippen LogP contribution in [0.4, 0.5) is 0 Å². The van der Waals surface area contributed by atoms with Gasteiger partial charge in [0.25, 0.3) is 11.7 Å². The number of aliphatic hydroxyl groups is 1. The van der Waals surface area contributed by atoms with Gasteiger partial charge < -0.3 is 29.1 Å². The molecule has 4 rings (SSSR count). The van der Waals surface area contributed by atoms with Gasteiger partial charge in [0.1, 0.15) is 24.7 Å². The van der Waals surface area contributed by atoms with E-state index in [-0.39, 0.29) is 11.3 Å². The third kappa shape index (κ3) is 6.07. The minimum atomic E-state index is -0.732. The molecule has 2 heterocycles.